The highest BCUT2D eigenvalue weighted by Gasteiger charge is 2.25. The minimum atomic E-state index is 0.145. The van der Waals surface area contributed by atoms with Gasteiger partial charge in [0.1, 0.15) is 5.75 Å². The van der Waals surface area contributed by atoms with Crippen LogP contribution in [0.15, 0.2) is 41.8 Å². The lowest BCUT2D eigenvalue weighted by Gasteiger charge is -2.31. The molecule has 1 amide bonds. The Bertz CT molecular complexity index is 707. The molecule has 1 aliphatic heterocycles. The Morgan fingerprint density at radius 3 is 2.70 bits per heavy atom. The van der Waals surface area contributed by atoms with Gasteiger partial charge in [0, 0.05) is 29.4 Å². The summed E-state index contributed by atoms with van der Waals surface area (Å²) >= 11 is 1.75. The van der Waals surface area contributed by atoms with Crippen LogP contribution in [0.3, 0.4) is 0 Å². The van der Waals surface area contributed by atoms with Gasteiger partial charge in [-0.3, -0.25) is 9.69 Å². The van der Waals surface area contributed by atoms with E-state index in [9.17, 15) is 4.79 Å². The highest BCUT2D eigenvalue weighted by Crippen LogP contribution is 2.24. The van der Waals surface area contributed by atoms with Gasteiger partial charge in [0.2, 0.25) is 5.91 Å². The van der Waals surface area contributed by atoms with Gasteiger partial charge in [-0.25, -0.2) is 0 Å². The van der Waals surface area contributed by atoms with Crippen molar-refractivity contribution in [2.75, 3.05) is 19.6 Å². The smallest absolute Gasteiger partial charge is 0.223 e. The predicted octanol–water partition coefficient (Wildman–Crippen LogP) is 4.11. The topological polar surface area (TPSA) is 41.6 Å². The lowest BCUT2D eigenvalue weighted by Crippen LogP contribution is -2.40. The molecule has 2 heterocycles. The summed E-state index contributed by atoms with van der Waals surface area (Å²) in [5.74, 6) is 1.34. The maximum Gasteiger partial charge on any atom is 0.223 e. The van der Waals surface area contributed by atoms with Crippen LogP contribution in [0.2, 0.25) is 0 Å². The van der Waals surface area contributed by atoms with Gasteiger partial charge in [0.15, 0.2) is 0 Å². The van der Waals surface area contributed by atoms with Crippen molar-refractivity contribution in [1.29, 1.82) is 0 Å². The zero-order valence-corrected chi connectivity index (χ0v) is 17.1. The molecule has 1 fully saturated rings. The molecular weight excluding hydrogens is 356 g/mol. The lowest BCUT2D eigenvalue weighted by molar-refractivity contribution is -0.126. The first-order valence-electron chi connectivity index (χ1n) is 9.89. The molecule has 1 aliphatic rings. The van der Waals surface area contributed by atoms with Crippen molar-refractivity contribution in [3.8, 4) is 5.75 Å². The second-order valence-electron chi connectivity index (χ2n) is 7.45. The third-order valence-corrected chi connectivity index (χ3v) is 5.87. The van der Waals surface area contributed by atoms with Crippen LogP contribution < -0.4 is 10.1 Å². The average Bonchev–Trinajstić information content (AvgIpc) is 3.17. The van der Waals surface area contributed by atoms with Crippen molar-refractivity contribution < 1.29 is 9.53 Å². The molecule has 0 aliphatic carbocycles. The summed E-state index contributed by atoms with van der Waals surface area (Å²) < 4.78 is 5.93. The van der Waals surface area contributed by atoms with Gasteiger partial charge in [-0.15, -0.1) is 11.3 Å². The monoisotopic (exact) mass is 386 g/mol. The van der Waals surface area contributed by atoms with E-state index in [-0.39, 0.29) is 17.9 Å². The molecule has 1 saturated heterocycles. The summed E-state index contributed by atoms with van der Waals surface area (Å²) in [6.45, 7) is 7.64. The van der Waals surface area contributed by atoms with Gasteiger partial charge in [0.25, 0.3) is 0 Å². The minimum Gasteiger partial charge on any atom is -0.491 e. The number of hydrogen-bond donors (Lipinski definition) is 1. The van der Waals surface area contributed by atoms with Gasteiger partial charge in [-0.2, -0.15) is 0 Å². The van der Waals surface area contributed by atoms with E-state index in [1.165, 1.54) is 10.4 Å². The maximum atomic E-state index is 12.4. The van der Waals surface area contributed by atoms with Crippen molar-refractivity contribution in [2.45, 2.75) is 45.8 Å². The highest BCUT2D eigenvalue weighted by atomic mass is 32.1. The summed E-state index contributed by atoms with van der Waals surface area (Å²) in [6.07, 6.45) is 2.96. The summed E-state index contributed by atoms with van der Waals surface area (Å²) in [4.78, 5) is 16.2. The molecule has 2 aromatic rings. The van der Waals surface area contributed by atoms with E-state index in [1.807, 2.05) is 12.1 Å². The molecule has 0 unspecified atom stereocenters. The number of hydrogen-bond acceptors (Lipinski definition) is 4. The van der Waals surface area contributed by atoms with Crippen LogP contribution in [-0.2, 0) is 17.8 Å². The molecule has 5 heteroatoms. The third kappa shape index (κ3) is 6.08. The number of nitrogens with one attached hydrogen (secondary N) is 1. The normalized spacial score (nSPS) is 15.8. The Kier molecular flexibility index (Phi) is 7.30. The van der Waals surface area contributed by atoms with Crippen LogP contribution in [-0.4, -0.2) is 36.5 Å². The summed E-state index contributed by atoms with van der Waals surface area (Å²) in [6, 6.07) is 12.5. The molecule has 27 heavy (non-hydrogen) atoms. The van der Waals surface area contributed by atoms with Crippen LogP contribution >= 0.6 is 11.3 Å². The highest BCUT2D eigenvalue weighted by molar-refractivity contribution is 7.09. The van der Waals surface area contributed by atoms with Crippen LogP contribution in [0.5, 0.6) is 5.75 Å². The molecule has 1 aromatic carbocycles. The summed E-state index contributed by atoms with van der Waals surface area (Å²) in [5, 5.41) is 5.20. The second kappa shape index (κ2) is 9.90. The zero-order chi connectivity index (χ0) is 19.1. The molecule has 1 aromatic heterocycles. The molecule has 1 N–H and O–H groups in total. The average molecular weight is 387 g/mol. The SMILES string of the molecule is CC(C)Oc1ccccc1CN1CCC(C(=O)NCCc2cccs2)CC1. The molecule has 146 valence electrons. The van der Waals surface area contributed by atoms with Crippen molar-refractivity contribution >= 4 is 17.2 Å². The van der Waals surface area contributed by atoms with Crippen molar-refractivity contribution in [3.63, 3.8) is 0 Å². The first-order valence-corrected chi connectivity index (χ1v) is 10.8. The maximum absolute atomic E-state index is 12.4. The first-order chi connectivity index (χ1) is 13.1. The Morgan fingerprint density at radius 2 is 2.00 bits per heavy atom. The fourth-order valence-corrected chi connectivity index (χ4v) is 4.21. The van der Waals surface area contributed by atoms with Crippen molar-refractivity contribution in [2.24, 2.45) is 5.92 Å². The number of amides is 1. The fraction of sp³-hybridized carbons (Fsp3) is 0.500. The molecular formula is C22H30N2O2S. The van der Waals surface area contributed by atoms with E-state index in [4.69, 9.17) is 4.74 Å². The number of likely N-dealkylation sites (tertiary alicyclic amines) is 1. The number of piperidine rings is 1. The second-order valence-corrected chi connectivity index (χ2v) is 8.48. The van der Waals surface area contributed by atoms with E-state index >= 15 is 0 Å². The van der Waals surface area contributed by atoms with Gasteiger partial charge in [-0.05, 0) is 63.7 Å². The Labute approximate surface area is 166 Å². The lowest BCUT2D eigenvalue weighted by atomic mass is 9.95. The molecule has 0 saturated carbocycles. The van der Waals surface area contributed by atoms with E-state index < -0.39 is 0 Å². The number of carbonyl (C=O) groups excluding carboxylic acids is 1. The van der Waals surface area contributed by atoms with Crippen LogP contribution in [0.1, 0.15) is 37.1 Å². The summed E-state index contributed by atoms with van der Waals surface area (Å²) in [5.41, 5.74) is 1.23. The van der Waals surface area contributed by atoms with Gasteiger partial charge in [0.05, 0.1) is 6.10 Å². The minimum absolute atomic E-state index is 0.145. The Hall–Kier alpha value is -1.85. The predicted molar refractivity (Wildman–Crippen MR) is 111 cm³/mol. The molecule has 0 bridgehead atoms. The Morgan fingerprint density at radius 1 is 1.22 bits per heavy atom. The van der Waals surface area contributed by atoms with Gasteiger partial charge in [-0.1, -0.05) is 24.3 Å². The van der Waals surface area contributed by atoms with Crippen LogP contribution in [0.25, 0.3) is 0 Å². The van der Waals surface area contributed by atoms with E-state index in [0.29, 0.717) is 0 Å². The van der Waals surface area contributed by atoms with Gasteiger partial charge < -0.3 is 10.1 Å². The standard InChI is InChI=1S/C22H30N2O2S/c1-17(2)26-21-8-4-3-6-19(21)16-24-13-10-18(11-14-24)22(25)23-12-9-20-7-5-15-27-20/h3-8,15,17-18H,9-14,16H2,1-2H3,(H,23,25). The number of rotatable bonds is 8. The number of benzene rings is 1. The quantitative estimate of drug-likeness (QED) is 0.742. The van der Waals surface area contributed by atoms with E-state index in [0.717, 1.165) is 51.2 Å². The number of ether oxygens (including phenoxy) is 1. The molecule has 3 rings (SSSR count). The third-order valence-electron chi connectivity index (χ3n) is 4.94. The first kappa shape index (κ1) is 19.9. The number of thiophene rings is 1. The van der Waals surface area contributed by atoms with E-state index in [2.05, 4.69) is 53.7 Å². The molecule has 4 nitrogen and oxygen atoms in total. The van der Waals surface area contributed by atoms with Crippen molar-refractivity contribution in [1.82, 2.24) is 10.2 Å². The molecule has 0 spiro atoms. The van der Waals surface area contributed by atoms with Crippen LogP contribution in [0, 0.1) is 5.92 Å². The van der Waals surface area contributed by atoms with Gasteiger partial charge >= 0.3 is 0 Å². The van der Waals surface area contributed by atoms with Crippen LogP contribution in [0.4, 0.5) is 0 Å². The Balaban J connectivity index is 1.43. The zero-order valence-electron chi connectivity index (χ0n) is 16.3. The number of para-hydroxylation sites is 1. The molecule has 0 radical (unpaired) electrons. The number of carbonyl (C=O) groups is 1. The molecule has 0 atom stereocenters. The van der Waals surface area contributed by atoms with E-state index in [1.54, 1.807) is 11.3 Å². The van der Waals surface area contributed by atoms with Crippen molar-refractivity contribution in [3.05, 3.63) is 52.2 Å². The fourth-order valence-electron chi connectivity index (χ4n) is 3.51. The summed E-state index contributed by atoms with van der Waals surface area (Å²) in [7, 11) is 0. The number of nitrogens with zero attached hydrogens (tertiary/aromatic N) is 1. The largest absolute Gasteiger partial charge is 0.491 e.